The SMILES string of the molecule is CC(C)(C)OC(=O)[C@H](CCCCN)NC(=O)NOC(=O)CCCC(=O)O. The molecule has 0 aromatic carbocycles. The number of aliphatic carboxylic acids is 1. The highest BCUT2D eigenvalue weighted by molar-refractivity contribution is 5.84. The third-order valence-corrected chi connectivity index (χ3v) is 2.97. The third kappa shape index (κ3) is 13.0. The van der Waals surface area contributed by atoms with Crippen molar-refractivity contribution in [3.63, 3.8) is 0 Å². The van der Waals surface area contributed by atoms with Gasteiger partial charge in [0.05, 0.1) is 0 Å². The number of nitrogens with one attached hydrogen (secondary N) is 2. The second-order valence-corrected chi connectivity index (χ2v) is 6.67. The summed E-state index contributed by atoms with van der Waals surface area (Å²) in [6.45, 7) is 5.59. The smallest absolute Gasteiger partial charge is 0.348 e. The number of carbonyl (C=O) groups excluding carboxylic acids is 3. The summed E-state index contributed by atoms with van der Waals surface area (Å²) in [6, 6.07) is -1.79. The number of hydrogen-bond donors (Lipinski definition) is 4. The molecule has 0 radical (unpaired) electrons. The lowest BCUT2D eigenvalue weighted by molar-refractivity contribution is -0.157. The maximum atomic E-state index is 12.2. The number of amides is 2. The minimum absolute atomic E-state index is 0.0943. The molecule has 0 aromatic rings. The molecule has 0 fully saturated rings. The van der Waals surface area contributed by atoms with Crippen molar-refractivity contribution in [1.29, 1.82) is 0 Å². The monoisotopic (exact) mass is 375 g/mol. The van der Waals surface area contributed by atoms with Gasteiger partial charge < -0.3 is 25.7 Å². The van der Waals surface area contributed by atoms with E-state index in [0.29, 0.717) is 25.8 Å². The average Bonchev–Trinajstić information content (AvgIpc) is 2.50. The minimum atomic E-state index is -1.03. The number of nitrogens with two attached hydrogens (primary N) is 1. The van der Waals surface area contributed by atoms with Gasteiger partial charge in [-0.3, -0.25) is 4.79 Å². The van der Waals surface area contributed by atoms with E-state index >= 15 is 0 Å². The van der Waals surface area contributed by atoms with Crippen LogP contribution in [0, 0.1) is 0 Å². The first-order chi connectivity index (χ1) is 12.0. The zero-order valence-corrected chi connectivity index (χ0v) is 15.5. The molecule has 0 bridgehead atoms. The first-order valence-corrected chi connectivity index (χ1v) is 8.46. The topological polar surface area (TPSA) is 157 Å². The van der Waals surface area contributed by atoms with Crippen LogP contribution >= 0.6 is 0 Å². The molecule has 0 unspecified atom stereocenters. The van der Waals surface area contributed by atoms with E-state index in [-0.39, 0.29) is 19.3 Å². The van der Waals surface area contributed by atoms with Gasteiger partial charge in [0.2, 0.25) is 0 Å². The van der Waals surface area contributed by atoms with Crippen molar-refractivity contribution >= 4 is 23.9 Å². The number of hydrogen-bond acceptors (Lipinski definition) is 7. The second kappa shape index (κ2) is 12.1. The summed E-state index contributed by atoms with van der Waals surface area (Å²) in [5, 5.41) is 10.9. The Morgan fingerprint density at radius 1 is 1.08 bits per heavy atom. The van der Waals surface area contributed by atoms with Gasteiger partial charge in [0, 0.05) is 12.8 Å². The molecule has 0 spiro atoms. The zero-order valence-electron chi connectivity index (χ0n) is 15.5. The van der Waals surface area contributed by atoms with E-state index in [0.717, 1.165) is 0 Å². The maximum Gasteiger partial charge on any atom is 0.348 e. The fraction of sp³-hybridized carbons (Fsp3) is 0.750. The third-order valence-electron chi connectivity index (χ3n) is 2.97. The van der Waals surface area contributed by atoms with Crippen molar-refractivity contribution in [2.45, 2.75) is 70.9 Å². The number of hydroxylamine groups is 1. The van der Waals surface area contributed by atoms with Crippen LogP contribution in [-0.2, 0) is 24.0 Å². The number of ether oxygens (including phenoxy) is 1. The predicted molar refractivity (Wildman–Crippen MR) is 91.8 cm³/mol. The van der Waals surface area contributed by atoms with E-state index in [1.54, 1.807) is 20.8 Å². The second-order valence-electron chi connectivity index (χ2n) is 6.67. The molecule has 0 saturated carbocycles. The Balaban J connectivity index is 4.44. The van der Waals surface area contributed by atoms with Gasteiger partial charge in [-0.05, 0) is 53.0 Å². The number of unbranched alkanes of at least 4 members (excludes halogenated alkanes) is 1. The first kappa shape index (κ1) is 23.6. The summed E-state index contributed by atoms with van der Waals surface area (Å²) >= 11 is 0. The maximum absolute atomic E-state index is 12.2. The molecule has 150 valence electrons. The number of urea groups is 1. The molecule has 10 nitrogen and oxygen atoms in total. The highest BCUT2D eigenvalue weighted by Gasteiger charge is 2.26. The molecule has 0 rings (SSSR count). The Morgan fingerprint density at radius 3 is 2.27 bits per heavy atom. The molecular weight excluding hydrogens is 346 g/mol. The van der Waals surface area contributed by atoms with E-state index in [1.165, 1.54) is 0 Å². The molecule has 10 heteroatoms. The zero-order chi connectivity index (χ0) is 20.2. The molecule has 5 N–H and O–H groups in total. The van der Waals surface area contributed by atoms with Crippen LogP contribution in [0.3, 0.4) is 0 Å². The Kier molecular flexibility index (Phi) is 11.0. The molecule has 0 aromatic heterocycles. The molecule has 0 saturated heterocycles. The van der Waals surface area contributed by atoms with E-state index in [9.17, 15) is 19.2 Å². The van der Waals surface area contributed by atoms with Crippen LogP contribution in [0.15, 0.2) is 0 Å². The van der Waals surface area contributed by atoms with Gasteiger partial charge in [-0.25, -0.2) is 14.4 Å². The number of carboxylic acid groups (broad SMARTS) is 1. The molecule has 0 aliphatic rings. The van der Waals surface area contributed by atoms with Gasteiger partial charge in [0.1, 0.15) is 11.6 Å². The summed E-state index contributed by atoms with van der Waals surface area (Å²) < 4.78 is 5.26. The van der Waals surface area contributed by atoms with Crippen molar-refractivity contribution < 1.29 is 33.9 Å². The van der Waals surface area contributed by atoms with E-state index in [1.807, 2.05) is 5.48 Å². The van der Waals surface area contributed by atoms with Crippen molar-refractivity contribution in [1.82, 2.24) is 10.8 Å². The Bertz CT molecular complexity index is 489. The van der Waals surface area contributed by atoms with Crippen LogP contribution in [-0.4, -0.2) is 47.2 Å². The van der Waals surface area contributed by atoms with Gasteiger partial charge in [0.15, 0.2) is 0 Å². The van der Waals surface area contributed by atoms with Crippen LogP contribution in [0.2, 0.25) is 0 Å². The minimum Gasteiger partial charge on any atom is -0.481 e. The van der Waals surface area contributed by atoms with Crippen LogP contribution in [0.5, 0.6) is 0 Å². The quantitative estimate of drug-likeness (QED) is 0.248. The molecular formula is C16H29N3O7. The van der Waals surface area contributed by atoms with E-state index in [2.05, 4.69) is 10.2 Å². The van der Waals surface area contributed by atoms with Crippen molar-refractivity contribution in [2.75, 3.05) is 6.54 Å². The van der Waals surface area contributed by atoms with Crippen molar-refractivity contribution in [3.8, 4) is 0 Å². The standard InChI is InChI=1S/C16H29N3O7/c1-16(2,3)25-14(23)11(7-4-5-10-17)18-15(24)19-26-13(22)9-6-8-12(20)21/h11H,4-10,17H2,1-3H3,(H,20,21)(H2,18,19,24)/t11-/m0/s1. The number of esters is 1. The Morgan fingerprint density at radius 2 is 1.73 bits per heavy atom. The fourth-order valence-corrected chi connectivity index (χ4v) is 1.84. The predicted octanol–water partition coefficient (Wildman–Crippen LogP) is 0.838. The summed E-state index contributed by atoms with van der Waals surface area (Å²) in [7, 11) is 0. The van der Waals surface area contributed by atoms with Crippen LogP contribution < -0.4 is 16.5 Å². The van der Waals surface area contributed by atoms with Gasteiger partial charge in [-0.2, -0.15) is 5.48 Å². The van der Waals surface area contributed by atoms with E-state index < -0.39 is 35.6 Å². The lowest BCUT2D eigenvalue weighted by Gasteiger charge is -2.24. The fourth-order valence-electron chi connectivity index (χ4n) is 1.84. The largest absolute Gasteiger partial charge is 0.481 e. The first-order valence-electron chi connectivity index (χ1n) is 8.46. The van der Waals surface area contributed by atoms with Gasteiger partial charge in [0.25, 0.3) is 0 Å². The van der Waals surface area contributed by atoms with Crippen LogP contribution in [0.25, 0.3) is 0 Å². The summed E-state index contributed by atoms with van der Waals surface area (Å²) in [4.78, 5) is 50.3. The number of carboxylic acids is 1. The van der Waals surface area contributed by atoms with Gasteiger partial charge in [-0.1, -0.05) is 0 Å². The molecule has 1 atom stereocenters. The normalized spacial score (nSPS) is 12.0. The van der Waals surface area contributed by atoms with Crippen LogP contribution in [0.1, 0.15) is 59.3 Å². The van der Waals surface area contributed by atoms with Crippen molar-refractivity contribution in [2.24, 2.45) is 5.73 Å². The lowest BCUT2D eigenvalue weighted by Crippen LogP contribution is -2.48. The van der Waals surface area contributed by atoms with Gasteiger partial charge in [-0.15, -0.1) is 0 Å². The molecule has 2 amide bonds. The highest BCUT2D eigenvalue weighted by atomic mass is 16.7. The van der Waals surface area contributed by atoms with Crippen molar-refractivity contribution in [3.05, 3.63) is 0 Å². The summed E-state index contributed by atoms with van der Waals surface area (Å²) in [6.07, 6.45) is 1.38. The van der Waals surface area contributed by atoms with Crippen LogP contribution in [0.4, 0.5) is 4.79 Å². The summed E-state index contributed by atoms with van der Waals surface area (Å²) in [5.41, 5.74) is 6.59. The Hall–Kier alpha value is -2.36. The summed E-state index contributed by atoms with van der Waals surface area (Å²) in [5.74, 6) is -2.41. The Labute approximate surface area is 152 Å². The molecule has 0 aliphatic carbocycles. The average molecular weight is 375 g/mol. The molecule has 0 heterocycles. The number of rotatable bonds is 10. The highest BCUT2D eigenvalue weighted by Crippen LogP contribution is 2.11. The molecule has 26 heavy (non-hydrogen) atoms. The lowest BCUT2D eigenvalue weighted by atomic mass is 10.1. The molecule has 0 aliphatic heterocycles. The number of carbonyl (C=O) groups is 4. The van der Waals surface area contributed by atoms with Gasteiger partial charge >= 0.3 is 23.9 Å². The van der Waals surface area contributed by atoms with E-state index in [4.69, 9.17) is 15.6 Å².